The third kappa shape index (κ3) is 3.87. The highest BCUT2D eigenvalue weighted by molar-refractivity contribution is 9.10. The first-order valence-corrected chi connectivity index (χ1v) is 10.1. The zero-order valence-electron chi connectivity index (χ0n) is 16.9. The van der Waals surface area contributed by atoms with Crippen LogP contribution in [0.1, 0.15) is 15.9 Å². The van der Waals surface area contributed by atoms with E-state index >= 15 is 0 Å². The van der Waals surface area contributed by atoms with Gasteiger partial charge >= 0.3 is 5.88 Å². The zero-order chi connectivity index (χ0) is 22.8. The number of aromatic nitrogens is 2. The lowest BCUT2D eigenvalue weighted by Crippen LogP contribution is -2.03. The summed E-state index contributed by atoms with van der Waals surface area (Å²) in [6.07, 6.45) is 0. The molecule has 0 aliphatic rings. The number of carbonyl (C=O) groups is 1. The van der Waals surface area contributed by atoms with Crippen LogP contribution in [-0.4, -0.2) is 34.7 Å². The van der Waals surface area contributed by atoms with E-state index in [1.54, 1.807) is 55.6 Å². The number of nitrogens with zero attached hydrogens (tertiary/aromatic N) is 3. The lowest BCUT2D eigenvalue weighted by molar-refractivity contribution is -0.401. The molecule has 9 nitrogen and oxygen atoms in total. The fraction of sp³-hybridized carbons (Fsp3) is 0.0909. The van der Waals surface area contributed by atoms with Gasteiger partial charge in [0, 0.05) is 5.56 Å². The van der Waals surface area contributed by atoms with Crippen LogP contribution in [0.3, 0.4) is 0 Å². The van der Waals surface area contributed by atoms with Crippen molar-refractivity contribution in [2.24, 2.45) is 0 Å². The fourth-order valence-corrected chi connectivity index (χ4v) is 3.76. The van der Waals surface area contributed by atoms with Crippen LogP contribution in [0.5, 0.6) is 11.5 Å². The number of hydrogen-bond acceptors (Lipinski definition) is 7. The molecular weight excluding hydrogens is 482 g/mol. The zero-order valence-corrected chi connectivity index (χ0v) is 18.5. The van der Waals surface area contributed by atoms with Gasteiger partial charge in [-0.1, -0.05) is 0 Å². The van der Waals surface area contributed by atoms with Gasteiger partial charge in [0.2, 0.25) is 0 Å². The van der Waals surface area contributed by atoms with Gasteiger partial charge in [0.15, 0.2) is 11.5 Å². The van der Waals surface area contributed by atoms with Gasteiger partial charge in [-0.15, -0.1) is 0 Å². The number of furan rings is 1. The Morgan fingerprint density at radius 2 is 1.59 bits per heavy atom. The van der Waals surface area contributed by atoms with Crippen LogP contribution >= 0.6 is 15.9 Å². The van der Waals surface area contributed by atoms with Gasteiger partial charge in [-0.25, -0.2) is 4.68 Å². The maximum absolute atomic E-state index is 13.4. The molecule has 0 fully saturated rings. The maximum atomic E-state index is 13.4. The molecule has 0 spiro atoms. The van der Waals surface area contributed by atoms with Gasteiger partial charge in [-0.2, -0.15) is 5.10 Å². The second kappa shape index (κ2) is 8.67. The Balaban J connectivity index is 1.87. The molecule has 0 radical (unpaired) electrons. The van der Waals surface area contributed by atoms with E-state index in [-0.39, 0.29) is 22.8 Å². The Kier molecular flexibility index (Phi) is 5.78. The molecule has 2 heterocycles. The third-order valence-electron chi connectivity index (χ3n) is 4.73. The van der Waals surface area contributed by atoms with Crippen molar-refractivity contribution in [1.82, 2.24) is 9.78 Å². The molecule has 162 valence electrons. The lowest BCUT2D eigenvalue weighted by Gasteiger charge is -2.06. The summed E-state index contributed by atoms with van der Waals surface area (Å²) >= 11 is 3.48. The van der Waals surface area contributed by atoms with E-state index in [0.29, 0.717) is 27.4 Å². The summed E-state index contributed by atoms with van der Waals surface area (Å²) in [4.78, 5) is 23.9. The molecule has 0 saturated heterocycles. The number of halogens is 1. The van der Waals surface area contributed by atoms with Crippen molar-refractivity contribution < 1.29 is 23.6 Å². The highest BCUT2D eigenvalue weighted by Crippen LogP contribution is 2.35. The van der Waals surface area contributed by atoms with Gasteiger partial charge in [0.1, 0.15) is 26.7 Å². The number of hydrogen-bond donors (Lipinski definition) is 0. The molecule has 0 N–H and O–H groups in total. The highest BCUT2D eigenvalue weighted by atomic mass is 79.9. The Morgan fingerprint density at radius 1 is 1.00 bits per heavy atom. The molecule has 0 saturated carbocycles. The van der Waals surface area contributed by atoms with E-state index in [2.05, 4.69) is 21.0 Å². The second-order valence-corrected chi connectivity index (χ2v) is 7.33. The van der Waals surface area contributed by atoms with E-state index < -0.39 is 10.8 Å². The summed E-state index contributed by atoms with van der Waals surface area (Å²) in [7, 11) is 3.10. The van der Waals surface area contributed by atoms with E-state index in [1.807, 2.05) is 0 Å². The molecule has 0 atom stereocenters. The van der Waals surface area contributed by atoms with Crippen molar-refractivity contribution in [2.75, 3.05) is 14.2 Å². The summed E-state index contributed by atoms with van der Waals surface area (Å²) in [5.74, 6) is 0.581. The van der Waals surface area contributed by atoms with E-state index in [1.165, 1.54) is 23.9 Å². The molecule has 2 aromatic heterocycles. The minimum absolute atomic E-state index is 0.0986. The van der Waals surface area contributed by atoms with Crippen molar-refractivity contribution in [3.05, 3.63) is 86.5 Å². The van der Waals surface area contributed by atoms with Crippen molar-refractivity contribution >= 4 is 27.6 Å². The standard InChI is InChI=1S/C22H16BrN3O6/c1-30-15-7-3-13(4-8-15)21(27)19-20(17-11-12-18(32-17)26(28)29)24-25(22(19)23)14-5-9-16(31-2)10-6-14/h3-12H,1-2H3. The van der Waals surface area contributed by atoms with Gasteiger partial charge in [-0.3, -0.25) is 14.9 Å². The number of ether oxygens (including phenoxy) is 2. The van der Waals surface area contributed by atoms with Crippen molar-refractivity contribution in [3.8, 4) is 28.6 Å². The third-order valence-corrected chi connectivity index (χ3v) is 5.46. The maximum Gasteiger partial charge on any atom is 0.433 e. The van der Waals surface area contributed by atoms with Gasteiger partial charge in [-0.05, 0) is 70.5 Å². The van der Waals surface area contributed by atoms with Gasteiger partial charge < -0.3 is 13.9 Å². The summed E-state index contributed by atoms with van der Waals surface area (Å²) < 4.78 is 17.6. The topological polar surface area (TPSA) is 110 Å². The number of nitro groups is 1. The number of carbonyl (C=O) groups excluding carboxylic acids is 1. The average molecular weight is 498 g/mol. The second-order valence-electron chi connectivity index (χ2n) is 6.58. The largest absolute Gasteiger partial charge is 0.497 e. The summed E-state index contributed by atoms with van der Waals surface area (Å²) in [6.45, 7) is 0. The van der Waals surface area contributed by atoms with Crippen LogP contribution in [0, 0.1) is 10.1 Å². The van der Waals surface area contributed by atoms with Gasteiger partial charge in [0.05, 0.1) is 31.5 Å². The average Bonchev–Trinajstić information content (AvgIpc) is 3.44. The Hall–Kier alpha value is -3.92. The van der Waals surface area contributed by atoms with Crippen molar-refractivity contribution in [1.29, 1.82) is 0 Å². The van der Waals surface area contributed by atoms with E-state index in [9.17, 15) is 14.9 Å². The molecule has 0 aliphatic heterocycles. The molecule has 0 amide bonds. The minimum Gasteiger partial charge on any atom is -0.497 e. The SMILES string of the molecule is COc1ccc(C(=O)c2c(-c3ccc([N+](=O)[O-])o3)nn(-c3ccc(OC)cc3)c2Br)cc1. The van der Waals surface area contributed by atoms with Crippen LogP contribution in [0.4, 0.5) is 5.88 Å². The summed E-state index contributed by atoms with van der Waals surface area (Å²) in [5.41, 5.74) is 1.41. The Bertz CT molecular complexity index is 1290. The minimum atomic E-state index is -0.649. The summed E-state index contributed by atoms with van der Waals surface area (Å²) in [6, 6.07) is 16.3. The molecule has 0 bridgehead atoms. The monoisotopic (exact) mass is 497 g/mol. The molecule has 0 unspecified atom stereocenters. The predicted molar refractivity (Wildman–Crippen MR) is 119 cm³/mol. The molecule has 10 heteroatoms. The van der Waals surface area contributed by atoms with E-state index in [0.717, 1.165) is 0 Å². The van der Waals surface area contributed by atoms with E-state index in [4.69, 9.17) is 13.9 Å². The van der Waals surface area contributed by atoms with Crippen molar-refractivity contribution in [2.45, 2.75) is 0 Å². The predicted octanol–water partition coefficient (Wildman–Crippen LogP) is 5.05. The smallest absolute Gasteiger partial charge is 0.433 e. The van der Waals surface area contributed by atoms with Crippen LogP contribution in [0.2, 0.25) is 0 Å². The van der Waals surface area contributed by atoms with Gasteiger partial charge in [0.25, 0.3) is 0 Å². The molecule has 4 rings (SSSR count). The first kappa shape index (κ1) is 21.3. The quantitative estimate of drug-likeness (QED) is 0.199. The highest BCUT2D eigenvalue weighted by Gasteiger charge is 2.28. The molecule has 0 aliphatic carbocycles. The fourth-order valence-electron chi connectivity index (χ4n) is 3.11. The van der Waals surface area contributed by atoms with Crippen LogP contribution < -0.4 is 9.47 Å². The molecule has 32 heavy (non-hydrogen) atoms. The number of rotatable bonds is 7. The number of methoxy groups -OCH3 is 2. The number of ketones is 1. The summed E-state index contributed by atoms with van der Waals surface area (Å²) in [5, 5.41) is 15.6. The Labute approximate surface area is 190 Å². The van der Waals surface area contributed by atoms with Crippen LogP contribution in [-0.2, 0) is 0 Å². The normalized spacial score (nSPS) is 10.7. The van der Waals surface area contributed by atoms with Crippen molar-refractivity contribution in [3.63, 3.8) is 0 Å². The molecule has 4 aromatic rings. The lowest BCUT2D eigenvalue weighted by atomic mass is 10.0. The molecular formula is C22H16BrN3O6. The number of benzene rings is 2. The first-order valence-electron chi connectivity index (χ1n) is 9.29. The molecule has 2 aromatic carbocycles. The first-order chi connectivity index (χ1) is 15.4. The van der Waals surface area contributed by atoms with Crippen LogP contribution in [0.15, 0.2) is 69.7 Å². The Morgan fingerprint density at radius 3 is 2.12 bits per heavy atom. The van der Waals surface area contributed by atoms with Crippen LogP contribution in [0.25, 0.3) is 17.1 Å².